The van der Waals surface area contributed by atoms with Crippen molar-refractivity contribution in [3.8, 4) is 5.75 Å². The van der Waals surface area contributed by atoms with Crippen LogP contribution in [0.4, 0.5) is 10.1 Å². The largest absolute Gasteiger partial charge is 0.490 e. The van der Waals surface area contributed by atoms with Crippen LogP contribution in [-0.4, -0.2) is 22.0 Å². The fraction of sp³-hybridized carbons (Fsp3) is 0.464. The van der Waals surface area contributed by atoms with Gasteiger partial charge in [0, 0.05) is 29.1 Å². The summed E-state index contributed by atoms with van der Waals surface area (Å²) in [5.41, 5.74) is 2.63. The van der Waals surface area contributed by atoms with Crippen molar-refractivity contribution in [2.24, 2.45) is 23.7 Å². The van der Waals surface area contributed by atoms with Crippen LogP contribution in [0.15, 0.2) is 48.8 Å². The number of nitrogens with one attached hydrogen (secondary N) is 1. The number of carbonyl (C=O) groups excluding carboxylic acids is 1. The quantitative estimate of drug-likeness (QED) is 0.463. The van der Waals surface area contributed by atoms with E-state index >= 15 is 0 Å². The molecular formula is C28H30FN3O2. The molecule has 3 fully saturated rings. The van der Waals surface area contributed by atoms with Gasteiger partial charge in [-0.05, 0) is 92.7 Å². The lowest BCUT2D eigenvalue weighted by molar-refractivity contribution is -0.122. The first kappa shape index (κ1) is 21.5. The molecule has 2 aromatic heterocycles. The number of amides is 1. The number of anilines is 1. The normalized spacial score (nSPS) is 25.3. The Morgan fingerprint density at radius 2 is 1.94 bits per heavy atom. The lowest BCUT2D eigenvalue weighted by Crippen LogP contribution is -2.32. The fourth-order valence-electron chi connectivity index (χ4n) is 5.73. The fourth-order valence-corrected chi connectivity index (χ4v) is 5.73. The second-order valence-electron chi connectivity index (χ2n) is 10.4. The van der Waals surface area contributed by atoms with Crippen LogP contribution in [0.3, 0.4) is 0 Å². The molecular weight excluding hydrogens is 429 g/mol. The summed E-state index contributed by atoms with van der Waals surface area (Å²) in [5, 5.41) is 3.84. The first-order chi connectivity index (χ1) is 16.5. The molecule has 0 radical (unpaired) electrons. The van der Waals surface area contributed by atoms with Crippen molar-refractivity contribution in [1.82, 2.24) is 9.97 Å². The van der Waals surface area contributed by atoms with Crippen molar-refractivity contribution in [2.75, 3.05) is 5.32 Å². The van der Waals surface area contributed by atoms with E-state index in [9.17, 15) is 9.18 Å². The molecule has 1 N–H and O–H groups in total. The minimum Gasteiger partial charge on any atom is -0.490 e. The van der Waals surface area contributed by atoms with E-state index in [0.29, 0.717) is 28.9 Å². The van der Waals surface area contributed by atoms with Gasteiger partial charge >= 0.3 is 0 Å². The van der Waals surface area contributed by atoms with Crippen molar-refractivity contribution in [1.29, 1.82) is 0 Å². The van der Waals surface area contributed by atoms with Crippen molar-refractivity contribution in [2.45, 2.75) is 57.5 Å². The maximum absolute atomic E-state index is 13.9. The molecule has 176 valence electrons. The predicted octanol–water partition coefficient (Wildman–Crippen LogP) is 6.10. The second kappa shape index (κ2) is 8.64. The van der Waals surface area contributed by atoms with E-state index in [1.807, 2.05) is 18.2 Å². The van der Waals surface area contributed by atoms with Gasteiger partial charge in [0.15, 0.2) is 0 Å². The summed E-state index contributed by atoms with van der Waals surface area (Å²) in [7, 11) is 0. The van der Waals surface area contributed by atoms with E-state index in [4.69, 9.17) is 4.74 Å². The molecule has 0 bridgehead atoms. The molecule has 0 aliphatic heterocycles. The van der Waals surface area contributed by atoms with E-state index in [1.54, 1.807) is 18.5 Å². The Balaban J connectivity index is 1.16. The van der Waals surface area contributed by atoms with E-state index in [1.165, 1.54) is 25.0 Å². The number of fused-ring (bicyclic) bond motifs is 1. The third-order valence-electron chi connectivity index (χ3n) is 7.80. The molecule has 3 aliphatic carbocycles. The van der Waals surface area contributed by atoms with Crippen LogP contribution in [-0.2, 0) is 4.79 Å². The van der Waals surface area contributed by atoms with Gasteiger partial charge in [-0.1, -0.05) is 6.92 Å². The van der Waals surface area contributed by atoms with Crippen molar-refractivity contribution in [3.63, 3.8) is 0 Å². The number of halogens is 1. The molecule has 5 nitrogen and oxygen atoms in total. The maximum Gasteiger partial charge on any atom is 0.228 e. The SMILES string of the molecule is CC1CC(Oc2ccnc3ccc(F)cc23)CC1C(C(=O)Nc1ccc(C2CC2)nc1)C1CC1. The number of carbonyl (C=O) groups is 1. The van der Waals surface area contributed by atoms with Crippen LogP contribution in [0.5, 0.6) is 5.75 Å². The number of ether oxygens (including phenoxy) is 1. The lowest BCUT2D eigenvalue weighted by Gasteiger charge is -2.26. The zero-order chi connectivity index (χ0) is 23.2. The standard InChI is InChI=1S/C28H30FN3O2/c1-16-12-21(34-26-10-11-30-25-8-6-19(29)13-23(25)26)14-22(16)27(18-4-5-18)28(33)32-20-7-9-24(31-15-20)17-2-3-17/h6-11,13,15-18,21-22,27H,2-5,12,14H2,1H3,(H,32,33). The number of aromatic nitrogens is 2. The number of hydrogen-bond acceptors (Lipinski definition) is 4. The van der Waals surface area contributed by atoms with Gasteiger partial charge in [0.25, 0.3) is 0 Å². The molecule has 0 saturated heterocycles. The summed E-state index contributed by atoms with van der Waals surface area (Å²) >= 11 is 0. The summed E-state index contributed by atoms with van der Waals surface area (Å²) in [6.07, 6.45) is 9.88. The topological polar surface area (TPSA) is 64.1 Å². The predicted molar refractivity (Wildman–Crippen MR) is 129 cm³/mol. The smallest absolute Gasteiger partial charge is 0.228 e. The molecule has 34 heavy (non-hydrogen) atoms. The Morgan fingerprint density at radius 1 is 1.09 bits per heavy atom. The molecule has 3 aliphatic rings. The molecule has 4 atom stereocenters. The first-order valence-corrected chi connectivity index (χ1v) is 12.5. The molecule has 3 saturated carbocycles. The van der Waals surface area contributed by atoms with Crippen LogP contribution < -0.4 is 10.1 Å². The lowest BCUT2D eigenvalue weighted by atomic mass is 9.81. The van der Waals surface area contributed by atoms with Gasteiger partial charge in [-0.3, -0.25) is 14.8 Å². The van der Waals surface area contributed by atoms with Gasteiger partial charge in [-0.15, -0.1) is 0 Å². The number of benzene rings is 1. The molecule has 1 aromatic carbocycles. The van der Waals surface area contributed by atoms with E-state index < -0.39 is 0 Å². The third kappa shape index (κ3) is 4.38. The minimum absolute atomic E-state index is 0.00223. The summed E-state index contributed by atoms with van der Waals surface area (Å²) in [6, 6.07) is 10.4. The van der Waals surface area contributed by atoms with Gasteiger partial charge in [0.2, 0.25) is 5.91 Å². The average molecular weight is 460 g/mol. The third-order valence-corrected chi connectivity index (χ3v) is 7.80. The minimum atomic E-state index is -0.298. The monoisotopic (exact) mass is 459 g/mol. The number of pyridine rings is 2. The highest BCUT2D eigenvalue weighted by atomic mass is 19.1. The summed E-state index contributed by atoms with van der Waals surface area (Å²) in [5.74, 6) is 2.15. The molecule has 2 heterocycles. The van der Waals surface area contributed by atoms with Gasteiger partial charge in [0.1, 0.15) is 11.6 Å². The Morgan fingerprint density at radius 3 is 2.68 bits per heavy atom. The Bertz CT molecular complexity index is 1210. The van der Waals surface area contributed by atoms with Gasteiger partial charge in [-0.2, -0.15) is 0 Å². The Labute approximate surface area is 199 Å². The van der Waals surface area contributed by atoms with Crippen molar-refractivity contribution < 1.29 is 13.9 Å². The zero-order valence-electron chi connectivity index (χ0n) is 19.4. The summed E-state index contributed by atoms with van der Waals surface area (Å²) in [6.45, 7) is 2.23. The molecule has 0 spiro atoms. The molecule has 6 heteroatoms. The summed E-state index contributed by atoms with van der Waals surface area (Å²) in [4.78, 5) is 22.3. The van der Waals surface area contributed by atoms with Crippen molar-refractivity contribution >= 4 is 22.5 Å². The van der Waals surface area contributed by atoms with Crippen LogP contribution in [0, 0.1) is 29.5 Å². The highest BCUT2D eigenvalue weighted by Crippen LogP contribution is 2.49. The molecule has 6 rings (SSSR count). The van der Waals surface area contributed by atoms with Gasteiger partial charge in [0.05, 0.1) is 23.5 Å². The van der Waals surface area contributed by atoms with Crippen LogP contribution >= 0.6 is 0 Å². The number of nitrogens with zero attached hydrogens (tertiary/aromatic N) is 2. The molecule has 4 unspecified atom stereocenters. The first-order valence-electron chi connectivity index (χ1n) is 12.5. The highest BCUT2D eigenvalue weighted by Gasteiger charge is 2.47. The molecule has 3 aromatic rings. The second-order valence-corrected chi connectivity index (χ2v) is 10.4. The average Bonchev–Trinajstić information content (AvgIpc) is 3.74. The van der Waals surface area contributed by atoms with Crippen LogP contribution in [0.2, 0.25) is 0 Å². The van der Waals surface area contributed by atoms with Crippen LogP contribution in [0.1, 0.15) is 57.1 Å². The number of rotatable bonds is 7. The Kier molecular flexibility index (Phi) is 5.47. The van der Waals surface area contributed by atoms with Gasteiger partial charge in [-0.25, -0.2) is 4.39 Å². The summed E-state index contributed by atoms with van der Waals surface area (Å²) < 4.78 is 20.2. The van der Waals surface area contributed by atoms with E-state index in [2.05, 4.69) is 22.2 Å². The van der Waals surface area contributed by atoms with E-state index in [-0.39, 0.29) is 29.7 Å². The van der Waals surface area contributed by atoms with Crippen molar-refractivity contribution in [3.05, 3.63) is 60.3 Å². The van der Waals surface area contributed by atoms with E-state index in [0.717, 1.165) is 42.6 Å². The highest BCUT2D eigenvalue weighted by molar-refractivity contribution is 5.93. The number of hydrogen-bond donors (Lipinski definition) is 1. The molecule has 1 amide bonds. The van der Waals surface area contributed by atoms with Gasteiger partial charge < -0.3 is 10.1 Å². The zero-order valence-corrected chi connectivity index (χ0v) is 19.4. The Hall–Kier alpha value is -3.02. The van der Waals surface area contributed by atoms with Crippen LogP contribution in [0.25, 0.3) is 10.9 Å². The maximum atomic E-state index is 13.9.